The molecule has 0 aliphatic heterocycles. The van der Waals surface area contributed by atoms with Crippen LogP contribution in [-0.2, 0) is 0 Å². The first-order valence-corrected chi connectivity index (χ1v) is 22.3. The third-order valence-electron chi connectivity index (χ3n) is 12.5. The second-order valence-electron chi connectivity index (χ2n) is 16.6. The Hall–Kier alpha value is -8.60. The molecule has 0 bridgehead atoms. The minimum atomic E-state index is 0.836. The fraction of sp³-hybridized carbons (Fsp3) is 0.0323. The molecule has 9 aromatic carbocycles. The van der Waals surface area contributed by atoms with E-state index in [0.29, 0.717) is 0 Å². The van der Waals surface area contributed by atoms with Crippen molar-refractivity contribution in [3.8, 4) is 34.0 Å². The number of fused-ring (bicyclic) bond motifs is 6. The van der Waals surface area contributed by atoms with Gasteiger partial charge >= 0.3 is 0 Å². The Morgan fingerprint density at radius 3 is 1.08 bits per heavy atom. The average molecular weight is 851 g/mol. The number of ether oxygens (including phenoxy) is 2. The van der Waals surface area contributed by atoms with Crippen LogP contribution < -0.4 is 9.47 Å². The van der Waals surface area contributed by atoms with Crippen LogP contribution in [0.5, 0.6) is 11.5 Å². The SMILES string of the molecule is COc1cccc(/C=C/c2cc(/C=C/c3cccc(OC)c3)cc(/C=C/c3ccc4c(c3)c3ccccc3n4-c3ccc(-c4ccc(-n5c6ccccc6c6ccccc65)cc4)cc3)c2)c1. The molecule has 0 saturated carbocycles. The van der Waals surface area contributed by atoms with Gasteiger partial charge in [0.05, 0.1) is 36.3 Å². The van der Waals surface area contributed by atoms with Crippen LogP contribution in [0, 0.1) is 0 Å². The normalized spacial score (nSPS) is 11.9. The molecule has 4 nitrogen and oxygen atoms in total. The molecule has 66 heavy (non-hydrogen) atoms. The zero-order chi connectivity index (χ0) is 44.4. The fourth-order valence-corrected chi connectivity index (χ4v) is 9.24. The molecule has 0 aliphatic carbocycles. The summed E-state index contributed by atoms with van der Waals surface area (Å²) in [6, 6.07) is 73.6. The molecule has 2 heterocycles. The summed E-state index contributed by atoms with van der Waals surface area (Å²) >= 11 is 0. The van der Waals surface area contributed by atoms with Gasteiger partial charge in [-0.05, 0) is 142 Å². The molecule has 0 N–H and O–H groups in total. The van der Waals surface area contributed by atoms with Crippen molar-refractivity contribution in [3.63, 3.8) is 0 Å². The topological polar surface area (TPSA) is 28.3 Å². The average Bonchev–Trinajstić information content (AvgIpc) is 3.90. The van der Waals surface area contributed by atoms with Crippen molar-refractivity contribution < 1.29 is 9.47 Å². The molecular formula is C62H46N2O2. The molecule has 11 rings (SSSR count). The molecular weight excluding hydrogens is 805 g/mol. The zero-order valence-electron chi connectivity index (χ0n) is 36.8. The predicted molar refractivity (Wildman–Crippen MR) is 280 cm³/mol. The largest absolute Gasteiger partial charge is 0.497 e. The zero-order valence-corrected chi connectivity index (χ0v) is 36.8. The summed E-state index contributed by atoms with van der Waals surface area (Å²) in [4.78, 5) is 0. The molecule has 0 spiro atoms. The van der Waals surface area contributed by atoms with Gasteiger partial charge in [0.2, 0.25) is 0 Å². The van der Waals surface area contributed by atoms with Crippen molar-refractivity contribution in [2.24, 2.45) is 0 Å². The predicted octanol–water partition coefficient (Wildman–Crippen LogP) is 16.1. The standard InChI is InChI=1S/C62H46N2O2/c1-65-53-13-9-11-43(40-53)21-24-46-37-47(25-22-44-12-10-14-54(41-44)66-2)39-48(38-46)26-23-45-27-36-62-58(42-45)57-17-5-8-20-61(57)64(62)52-34-30-50(31-35-52)49-28-32-51(33-29-49)63-59-18-6-3-15-55(59)56-16-4-7-19-60(56)63/h3-42H,1-2H3/b24-21+,25-22+,26-23+. The van der Waals surface area contributed by atoms with Crippen LogP contribution in [-0.4, -0.2) is 23.4 Å². The summed E-state index contributed by atoms with van der Waals surface area (Å²) in [5.74, 6) is 1.67. The van der Waals surface area contributed by atoms with Gasteiger partial charge in [-0.1, -0.05) is 146 Å². The molecule has 0 atom stereocenters. The quantitative estimate of drug-likeness (QED) is 0.121. The van der Waals surface area contributed by atoms with Crippen LogP contribution in [0.2, 0.25) is 0 Å². The molecule has 0 saturated heterocycles. The van der Waals surface area contributed by atoms with Crippen molar-refractivity contribution >= 4 is 80.1 Å². The summed E-state index contributed by atoms with van der Waals surface area (Å²) in [7, 11) is 3.39. The van der Waals surface area contributed by atoms with E-state index in [2.05, 4.69) is 215 Å². The van der Waals surface area contributed by atoms with Gasteiger partial charge in [-0.3, -0.25) is 0 Å². The number of benzene rings is 9. The van der Waals surface area contributed by atoms with Crippen molar-refractivity contribution in [1.82, 2.24) is 9.13 Å². The second-order valence-corrected chi connectivity index (χ2v) is 16.6. The van der Waals surface area contributed by atoms with Crippen LogP contribution in [0.15, 0.2) is 206 Å². The van der Waals surface area contributed by atoms with Crippen LogP contribution >= 0.6 is 0 Å². The lowest BCUT2D eigenvalue weighted by Gasteiger charge is -2.11. The number of para-hydroxylation sites is 3. The number of aromatic nitrogens is 2. The maximum Gasteiger partial charge on any atom is 0.119 e. The Bertz CT molecular complexity index is 3530. The van der Waals surface area contributed by atoms with Crippen molar-refractivity contribution in [3.05, 3.63) is 240 Å². The highest BCUT2D eigenvalue weighted by Crippen LogP contribution is 2.36. The van der Waals surface area contributed by atoms with Gasteiger partial charge in [-0.2, -0.15) is 0 Å². The lowest BCUT2D eigenvalue weighted by Crippen LogP contribution is -1.94. The van der Waals surface area contributed by atoms with E-state index in [-0.39, 0.29) is 0 Å². The maximum absolute atomic E-state index is 5.47. The van der Waals surface area contributed by atoms with E-state index in [9.17, 15) is 0 Å². The van der Waals surface area contributed by atoms with Gasteiger partial charge in [0, 0.05) is 32.9 Å². The third-order valence-corrected chi connectivity index (χ3v) is 12.5. The fourth-order valence-electron chi connectivity index (χ4n) is 9.24. The van der Waals surface area contributed by atoms with Gasteiger partial charge in [0.15, 0.2) is 0 Å². The smallest absolute Gasteiger partial charge is 0.119 e. The lowest BCUT2D eigenvalue weighted by molar-refractivity contribution is 0.414. The lowest BCUT2D eigenvalue weighted by atomic mass is 10.0. The molecule has 11 aromatic rings. The third kappa shape index (κ3) is 7.86. The molecule has 4 heteroatoms. The molecule has 316 valence electrons. The van der Waals surface area contributed by atoms with Crippen molar-refractivity contribution in [1.29, 1.82) is 0 Å². The van der Waals surface area contributed by atoms with E-state index >= 15 is 0 Å². The number of hydrogen-bond donors (Lipinski definition) is 0. The van der Waals surface area contributed by atoms with E-state index in [1.165, 1.54) is 54.7 Å². The molecule has 0 amide bonds. The van der Waals surface area contributed by atoms with Gasteiger partial charge in [-0.15, -0.1) is 0 Å². The first kappa shape index (κ1) is 40.2. The Kier molecular flexibility index (Phi) is 10.7. The van der Waals surface area contributed by atoms with E-state index in [0.717, 1.165) is 56.3 Å². The van der Waals surface area contributed by atoms with E-state index in [4.69, 9.17) is 9.47 Å². The second kappa shape index (κ2) is 17.5. The highest BCUT2D eigenvalue weighted by molar-refractivity contribution is 6.10. The summed E-state index contributed by atoms with van der Waals surface area (Å²) in [6.07, 6.45) is 13.0. The van der Waals surface area contributed by atoms with Crippen LogP contribution in [0.25, 0.3) is 103 Å². The van der Waals surface area contributed by atoms with Crippen LogP contribution in [0.1, 0.15) is 33.4 Å². The Labute approximate surface area is 384 Å². The molecule has 0 unspecified atom stereocenters. The van der Waals surface area contributed by atoms with E-state index < -0.39 is 0 Å². The monoisotopic (exact) mass is 850 g/mol. The molecule has 0 radical (unpaired) electrons. The summed E-state index contributed by atoms with van der Waals surface area (Å²) in [5.41, 5.74) is 16.0. The van der Waals surface area contributed by atoms with Crippen molar-refractivity contribution in [2.75, 3.05) is 14.2 Å². The number of rotatable bonds is 11. The first-order valence-electron chi connectivity index (χ1n) is 22.3. The minimum absolute atomic E-state index is 0.836. The van der Waals surface area contributed by atoms with E-state index in [1.807, 2.05) is 36.4 Å². The van der Waals surface area contributed by atoms with Gasteiger partial charge in [0.25, 0.3) is 0 Å². The van der Waals surface area contributed by atoms with Crippen LogP contribution in [0.4, 0.5) is 0 Å². The summed E-state index contributed by atoms with van der Waals surface area (Å²) in [6.45, 7) is 0. The molecule has 0 aliphatic rings. The minimum Gasteiger partial charge on any atom is -0.497 e. The number of nitrogens with zero attached hydrogens (tertiary/aromatic N) is 2. The Morgan fingerprint density at radius 1 is 0.288 bits per heavy atom. The highest BCUT2D eigenvalue weighted by atomic mass is 16.5. The first-order chi connectivity index (χ1) is 32.6. The summed E-state index contributed by atoms with van der Waals surface area (Å²) in [5, 5.41) is 4.98. The van der Waals surface area contributed by atoms with Gasteiger partial charge in [0.1, 0.15) is 11.5 Å². The number of methoxy groups -OCH3 is 2. The highest BCUT2D eigenvalue weighted by Gasteiger charge is 2.14. The number of hydrogen-bond acceptors (Lipinski definition) is 2. The summed E-state index contributed by atoms with van der Waals surface area (Å²) < 4.78 is 15.7. The van der Waals surface area contributed by atoms with Crippen molar-refractivity contribution in [2.45, 2.75) is 0 Å². The van der Waals surface area contributed by atoms with E-state index in [1.54, 1.807) is 14.2 Å². The molecule has 2 aromatic heterocycles. The van der Waals surface area contributed by atoms with Gasteiger partial charge in [-0.25, -0.2) is 0 Å². The van der Waals surface area contributed by atoms with Gasteiger partial charge < -0.3 is 18.6 Å². The molecule has 0 fully saturated rings. The Morgan fingerprint density at radius 2 is 0.652 bits per heavy atom. The Balaban J connectivity index is 0.893. The van der Waals surface area contributed by atoms with Crippen LogP contribution in [0.3, 0.4) is 0 Å². The maximum atomic E-state index is 5.47.